The summed E-state index contributed by atoms with van der Waals surface area (Å²) in [6.45, 7) is 0.244. The maximum absolute atomic E-state index is 13.2. The number of benzene rings is 2. The van der Waals surface area contributed by atoms with Crippen molar-refractivity contribution >= 4 is 21.4 Å². The van der Waals surface area contributed by atoms with Crippen molar-refractivity contribution < 1.29 is 17.9 Å². The van der Waals surface area contributed by atoms with E-state index in [1.165, 1.54) is 12.1 Å². The maximum Gasteiger partial charge on any atom is 0.229 e. The highest BCUT2D eigenvalue weighted by Gasteiger charge is 2.07. The van der Waals surface area contributed by atoms with E-state index in [1.54, 1.807) is 24.3 Å². The minimum absolute atomic E-state index is 0.158. The first-order valence-electron chi connectivity index (χ1n) is 6.12. The molecular formula is C14H15FN2O3S. The number of para-hydroxylation sites is 2. The largest absolute Gasteiger partial charge is 0.508 e. The molecule has 0 heterocycles. The Kier molecular flexibility index (Phi) is 4.32. The van der Waals surface area contributed by atoms with Gasteiger partial charge in [-0.15, -0.1) is 0 Å². The summed E-state index contributed by atoms with van der Waals surface area (Å²) in [6.07, 6.45) is 1.06. The third kappa shape index (κ3) is 4.64. The second-order valence-corrected chi connectivity index (χ2v) is 6.34. The lowest BCUT2D eigenvalue weighted by atomic mass is 10.2. The van der Waals surface area contributed by atoms with Crippen LogP contribution in [0.25, 0.3) is 0 Å². The molecule has 0 spiro atoms. The number of halogens is 1. The van der Waals surface area contributed by atoms with E-state index in [0.717, 1.165) is 12.3 Å². The monoisotopic (exact) mass is 310 g/mol. The van der Waals surface area contributed by atoms with Crippen LogP contribution in [-0.4, -0.2) is 19.8 Å². The smallest absolute Gasteiger partial charge is 0.229 e. The molecule has 0 saturated heterocycles. The highest BCUT2D eigenvalue weighted by molar-refractivity contribution is 7.92. The Morgan fingerprint density at radius 1 is 1.14 bits per heavy atom. The summed E-state index contributed by atoms with van der Waals surface area (Å²) in [7, 11) is -3.39. The van der Waals surface area contributed by atoms with Crippen LogP contribution in [0.1, 0.15) is 5.56 Å². The van der Waals surface area contributed by atoms with Crippen LogP contribution in [0, 0.1) is 5.82 Å². The van der Waals surface area contributed by atoms with Gasteiger partial charge in [-0.1, -0.05) is 12.1 Å². The number of phenolic OH excluding ortho intramolecular Hbond substituents is 1. The van der Waals surface area contributed by atoms with E-state index in [-0.39, 0.29) is 12.3 Å². The second kappa shape index (κ2) is 6.01. The third-order valence-electron chi connectivity index (χ3n) is 2.65. The molecule has 5 nitrogen and oxygen atoms in total. The Bertz CT molecular complexity index is 727. The van der Waals surface area contributed by atoms with Gasteiger partial charge in [0.1, 0.15) is 11.6 Å². The van der Waals surface area contributed by atoms with Gasteiger partial charge in [0, 0.05) is 12.6 Å². The topological polar surface area (TPSA) is 78.4 Å². The van der Waals surface area contributed by atoms with Gasteiger partial charge in [-0.3, -0.25) is 4.72 Å². The van der Waals surface area contributed by atoms with Crippen LogP contribution in [0.15, 0.2) is 42.5 Å². The summed E-state index contributed by atoms with van der Waals surface area (Å²) in [5.41, 5.74) is 1.51. The van der Waals surface area contributed by atoms with Gasteiger partial charge in [0.15, 0.2) is 0 Å². The first kappa shape index (κ1) is 15.1. The van der Waals surface area contributed by atoms with Crippen LogP contribution < -0.4 is 10.0 Å². The van der Waals surface area contributed by atoms with Crippen LogP contribution >= 0.6 is 0 Å². The third-order valence-corrected chi connectivity index (χ3v) is 3.24. The Balaban J connectivity index is 2.16. The van der Waals surface area contributed by atoms with Gasteiger partial charge in [-0.2, -0.15) is 0 Å². The van der Waals surface area contributed by atoms with E-state index < -0.39 is 15.8 Å². The molecule has 0 unspecified atom stereocenters. The van der Waals surface area contributed by atoms with Gasteiger partial charge < -0.3 is 10.4 Å². The number of anilines is 2. The fraction of sp³-hybridized carbons (Fsp3) is 0.143. The first-order chi connectivity index (χ1) is 9.83. The summed E-state index contributed by atoms with van der Waals surface area (Å²) in [5.74, 6) is -0.691. The van der Waals surface area contributed by atoms with Crippen molar-refractivity contribution in [3.8, 4) is 5.75 Å². The average Bonchev–Trinajstić information content (AvgIpc) is 2.35. The normalized spacial score (nSPS) is 11.1. The number of hydrogen-bond donors (Lipinski definition) is 3. The molecule has 0 radical (unpaired) electrons. The van der Waals surface area contributed by atoms with E-state index in [2.05, 4.69) is 10.0 Å². The van der Waals surface area contributed by atoms with Crippen molar-refractivity contribution in [1.29, 1.82) is 0 Å². The van der Waals surface area contributed by atoms with Gasteiger partial charge >= 0.3 is 0 Å². The zero-order valence-corrected chi connectivity index (χ0v) is 12.1. The van der Waals surface area contributed by atoms with Gasteiger partial charge in [-0.05, 0) is 29.8 Å². The van der Waals surface area contributed by atoms with Crippen LogP contribution in [0.2, 0.25) is 0 Å². The van der Waals surface area contributed by atoms with Gasteiger partial charge in [0.05, 0.1) is 17.6 Å². The molecule has 0 fully saturated rings. The van der Waals surface area contributed by atoms with E-state index in [9.17, 15) is 17.9 Å². The lowest BCUT2D eigenvalue weighted by Gasteiger charge is -2.13. The van der Waals surface area contributed by atoms with Gasteiger partial charge in [-0.25, -0.2) is 12.8 Å². The second-order valence-electron chi connectivity index (χ2n) is 4.59. The van der Waals surface area contributed by atoms with Crippen LogP contribution in [-0.2, 0) is 16.6 Å². The lowest BCUT2D eigenvalue weighted by molar-refractivity contribution is 0.468. The summed E-state index contributed by atoms with van der Waals surface area (Å²) in [6, 6.07) is 10.5. The van der Waals surface area contributed by atoms with Crippen molar-refractivity contribution in [1.82, 2.24) is 0 Å². The van der Waals surface area contributed by atoms with Crippen LogP contribution in [0.4, 0.5) is 15.8 Å². The number of sulfonamides is 1. The molecule has 0 aliphatic heterocycles. The fourth-order valence-corrected chi connectivity index (χ4v) is 2.44. The predicted molar refractivity (Wildman–Crippen MR) is 80.3 cm³/mol. The van der Waals surface area contributed by atoms with Gasteiger partial charge in [0.25, 0.3) is 0 Å². The van der Waals surface area contributed by atoms with E-state index in [4.69, 9.17) is 0 Å². The lowest BCUT2D eigenvalue weighted by Crippen LogP contribution is -2.12. The molecule has 0 saturated carbocycles. The minimum Gasteiger partial charge on any atom is -0.508 e. The molecule has 2 rings (SSSR count). The fourth-order valence-electron chi connectivity index (χ4n) is 1.86. The molecule has 112 valence electrons. The molecule has 2 aromatic carbocycles. The van der Waals surface area contributed by atoms with Crippen molar-refractivity contribution in [2.24, 2.45) is 0 Å². The van der Waals surface area contributed by atoms with E-state index in [0.29, 0.717) is 16.9 Å². The summed E-state index contributed by atoms with van der Waals surface area (Å²) in [4.78, 5) is 0. The predicted octanol–water partition coefficient (Wildman–Crippen LogP) is 2.51. The van der Waals surface area contributed by atoms with Crippen LogP contribution in [0.3, 0.4) is 0 Å². The molecule has 2 aromatic rings. The first-order valence-corrected chi connectivity index (χ1v) is 8.02. The quantitative estimate of drug-likeness (QED) is 0.793. The van der Waals surface area contributed by atoms with Crippen molar-refractivity contribution in [3.05, 3.63) is 53.8 Å². The Morgan fingerprint density at radius 3 is 2.43 bits per heavy atom. The number of rotatable bonds is 5. The molecule has 0 amide bonds. The maximum atomic E-state index is 13.2. The molecular weight excluding hydrogens is 295 g/mol. The molecule has 0 atom stereocenters. The molecule has 3 N–H and O–H groups in total. The number of nitrogens with one attached hydrogen (secondary N) is 2. The highest BCUT2D eigenvalue weighted by atomic mass is 32.2. The molecule has 21 heavy (non-hydrogen) atoms. The average molecular weight is 310 g/mol. The highest BCUT2D eigenvalue weighted by Crippen LogP contribution is 2.23. The van der Waals surface area contributed by atoms with Crippen molar-refractivity contribution in [2.45, 2.75) is 6.54 Å². The van der Waals surface area contributed by atoms with Crippen LogP contribution in [0.5, 0.6) is 5.75 Å². The molecule has 0 aliphatic rings. The molecule has 0 bridgehead atoms. The Morgan fingerprint density at radius 2 is 1.81 bits per heavy atom. The molecule has 0 aromatic heterocycles. The summed E-state index contributed by atoms with van der Waals surface area (Å²) in [5, 5.41) is 12.3. The Labute approximate surface area is 122 Å². The van der Waals surface area contributed by atoms with E-state index in [1.807, 2.05) is 0 Å². The summed E-state index contributed by atoms with van der Waals surface area (Å²) >= 11 is 0. The van der Waals surface area contributed by atoms with E-state index >= 15 is 0 Å². The number of aromatic hydroxyl groups is 1. The number of hydrogen-bond acceptors (Lipinski definition) is 4. The van der Waals surface area contributed by atoms with Crippen molar-refractivity contribution in [2.75, 3.05) is 16.3 Å². The summed E-state index contributed by atoms with van der Waals surface area (Å²) < 4.78 is 38.2. The zero-order valence-electron chi connectivity index (χ0n) is 11.3. The minimum atomic E-state index is -3.39. The Hall–Kier alpha value is -2.28. The standard InChI is InChI=1S/C14H15FN2O3S/c1-21(19,20)17-14-5-3-2-4-13(14)16-9-10-6-11(15)8-12(18)7-10/h2-8,16-18H,9H2,1H3. The van der Waals surface area contributed by atoms with Crippen molar-refractivity contribution in [3.63, 3.8) is 0 Å². The van der Waals surface area contributed by atoms with Gasteiger partial charge in [0.2, 0.25) is 10.0 Å². The molecule has 7 heteroatoms. The number of phenols is 1. The molecule has 0 aliphatic carbocycles. The zero-order chi connectivity index (χ0) is 15.5. The SMILES string of the molecule is CS(=O)(=O)Nc1ccccc1NCc1cc(O)cc(F)c1.